The van der Waals surface area contributed by atoms with Crippen LogP contribution in [0, 0.1) is 0 Å². The van der Waals surface area contributed by atoms with Crippen molar-refractivity contribution < 1.29 is 9.47 Å². The molecule has 0 unspecified atom stereocenters. The summed E-state index contributed by atoms with van der Waals surface area (Å²) in [4.78, 5) is 0. The van der Waals surface area contributed by atoms with E-state index in [1.54, 1.807) is 6.21 Å². The van der Waals surface area contributed by atoms with Crippen molar-refractivity contribution in [3.05, 3.63) is 59.7 Å². The van der Waals surface area contributed by atoms with Gasteiger partial charge in [0.2, 0.25) is 5.96 Å². The topological polar surface area (TPSA) is 95.2 Å². The average molecular weight is 310 g/mol. The summed E-state index contributed by atoms with van der Waals surface area (Å²) < 4.78 is 11.0. The second-order valence-corrected chi connectivity index (χ2v) is 5.09. The van der Waals surface area contributed by atoms with Crippen LogP contribution < -0.4 is 11.5 Å². The number of hydrogen-bond acceptors (Lipinski definition) is 4. The van der Waals surface area contributed by atoms with E-state index in [2.05, 4.69) is 22.3 Å². The lowest BCUT2D eigenvalue weighted by Crippen LogP contribution is -2.21. The Balaban J connectivity index is 1.71. The van der Waals surface area contributed by atoms with Gasteiger partial charge in [0.1, 0.15) is 0 Å². The van der Waals surface area contributed by atoms with E-state index in [-0.39, 0.29) is 12.2 Å². The molecule has 1 aliphatic heterocycles. The van der Waals surface area contributed by atoms with Gasteiger partial charge in [-0.1, -0.05) is 48.5 Å². The first kappa shape index (κ1) is 15.2. The van der Waals surface area contributed by atoms with E-state index in [4.69, 9.17) is 20.9 Å². The van der Waals surface area contributed by atoms with Gasteiger partial charge in [0.15, 0.2) is 6.29 Å². The molecule has 3 rings (SSSR count). The molecular weight excluding hydrogens is 292 g/mol. The van der Waals surface area contributed by atoms with E-state index < -0.39 is 0 Å². The fourth-order valence-electron chi connectivity index (χ4n) is 2.31. The molecule has 6 nitrogen and oxygen atoms in total. The lowest BCUT2D eigenvalue weighted by Gasteiger charge is -2.10. The summed E-state index contributed by atoms with van der Waals surface area (Å²) in [5.41, 5.74) is 14.6. The predicted octanol–water partition coefficient (Wildman–Crippen LogP) is 2.01. The van der Waals surface area contributed by atoms with Gasteiger partial charge in [0.25, 0.3) is 0 Å². The first-order valence-corrected chi connectivity index (χ1v) is 7.28. The van der Waals surface area contributed by atoms with Crippen LogP contribution in [0.25, 0.3) is 11.1 Å². The van der Waals surface area contributed by atoms with Crippen molar-refractivity contribution in [2.45, 2.75) is 6.29 Å². The van der Waals surface area contributed by atoms with Gasteiger partial charge in [-0.3, -0.25) is 0 Å². The number of guanidine groups is 1. The van der Waals surface area contributed by atoms with Crippen molar-refractivity contribution >= 4 is 12.2 Å². The Hall–Kier alpha value is -2.70. The Labute approximate surface area is 134 Å². The minimum absolute atomic E-state index is 0.0619. The summed E-state index contributed by atoms with van der Waals surface area (Å²) in [5, 5.41) is 7.35. The molecule has 0 saturated carbocycles. The van der Waals surface area contributed by atoms with Crippen LogP contribution in [-0.2, 0) is 9.47 Å². The second-order valence-electron chi connectivity index (χ2n) is 5.09. The molecule has 118 valence electrons. The van der Waals surface area contributed by atoms with Gasteiger partial charge >= 0.3 is 0 Å². The largest absolute Gasteiger partial charge is 0.369 e. The van der Waals surface area contributed by atoms with Crippen molar-refractivity contribution in [2.24, 2.45) is 21.7 Å². The molecule has 0 aliphatic carbocycles. The van der Waals surface area contributed by atoms with E-state index in [0.717, 1.165) is 22.3 Å². The Bertz CT molecular complexity index is 698. The third kappa shape index (κ3) is 3.94. The van der Waals surface area contributed by atoms with Gasteiger partial charge < -0.3 is 20.9 Å². The molecule has 0 radical (unpaired) electrons. The Morgan fingerprint density at radius 3 is 2.04 bits per heavy atom. The van der Waals surface area contributed by atoms with Crippen LogP contribution in [0.2, 0.25) is 0 Å². The van der Waals surface area contributed by atoms with E-state index in [9.17, 15) is 0 Å². The normalized spacial score (nSPS) is 15.1. The highest BCUT2D eigenvalue weighted by molar-refractivity contribution is 5.82. The molecule has 4 N–H and O–H groups in total. The zero-order valence-corrected chi connectivity index (χ0v) is 12.6. The number of rotatable bonds is 4. The molecular formula is C17H18N4O2. The molecule has 6 heteroatoms. The van der Waals surface area contributed by atoms with Crippen LogP contribution in [0.5, 0.6) is 0 Å². The number of hydrogen-bond donors (Lipinski definition) is 2. The van der Waals surface area contributed by atoms with Gasteiger partial charge in [-0.05, 0) is 16.7 Å². The molecule has 1 heterocycles. The van der Waals surface area contributed by atoms with Crippen LogP contribution in [0.3, 0.4) is 0 Å². The van der Waals surface area contributed by atoms with Crippen LogP contribution >= 0.6 is 0 Å². The summed E-state index contributed by atoms with van der Waals surface area (Å²) >= 11 is 0. The molecule has 23 heavy (non-hydrogen) atoms. The summed E-state index contributed by atoms with van der Waals surface area (Å²) in [5.74, 6) is -0.0619. The number of ether oxygens (including phenoxy) is 2. The highest BCUT2D eigenvalue weighted by Crippen LogP contribution is 2.26. The molecule has 1 aliphatic rings. The van der Waals surface area contributed by atoms with E-state index in [0.29, 0.717) is 13.2 Å². The number of benzene rings is 2. The maximum absolute atomic E-state index is 5.49. The van der Waals surface area contributed by atoms with Gasteiger partial charge in [0, 0.05) is 5.56 Å². The lowest BCUT2D eigenvalue weighted by molar-refractivity contribution is -0.0441. The molecule has 0 bridgehead atoms. The minimum Gasteiger partial charge on any atom is -0.369 e. The van der Waals surface area contributed by atoms with Crippen LogP contribution in [0.1, 0.15) is 17.4 Å². The number of nitrogens with two attached hydrogens (primary N) is 2. The summed E-state index contributed by atoms with van der Waals surface area (Å²) in [6, 6.07) is 16.1. The van der Waals surface area contributed by atoms with E-state index in [1.165, 1.54) is 0 Å². The van der Waals surface area contributed by atoms with E-state index >= 15 is 0 Å². The van der Waals surface area contributed by atoms with Gasteiger partial charge in [-0.25, -0.2) is 0 Å². The van der Waals surface area contributed by atoms with Gasteiger partial charge in [-0.2, -0.15) is 5.10 Å². The van der Waals surface area contributed by atoms with E-state index in [1.807, 2.05) is 36.4 Å². The number of nitrogens with zero attached hydrogens (tertiary/aromatic N) is 2. The van der Waals surface area contributed by atoms with Crippen molar-refractivity contribution in [3.8, 4) is 11.1 Å². The molecule has 0 amide bonds. The summed E-state index contributed by atoms with van der Waals surface area (Å²) in [6.07, 6.45) is 1.36. The second kappa shape index (κ2) is 7.04. The molecule has 0 spiro atoms. The quantitative estimate of drug-likeness (QED) is 0.513. The van der Waals surface area contributed by atoms with Gasteiger partial charge in [-0.15, -0.1) is 5.10 Å². The SMILES string of the molecule is NC(N)=NN=Cc1ccc(-c2ccc(C3OCCO3)cc2)cc1. The Morgan fingerprint density at radius 1 is 0.913 bits per heavy atom. The van der Waals surface area contributed by atoms with Crippen LogP contribution in [0.15, 0.2) is 58.7 Å². The standard InChI is InChI=1S/C17H18N4O2/c18-17(19)21-20-11-12-1-3-13(4-2-12)14-5-7-15(8-6-14)16-22-9-10-23-16/h1-8,11,16H,9-10H2,(H4,18,19,21). The molecule has 0 atom stereocenters. The van der Waals surface area contributed by atoms with Crippen molar-refractivity contribution in [3.63, 3.8) is 0 Å². The Kier molecular flexibility index (Phi) is 4.65. The molecule has 1 saturated heterocycles. The monoisotopic (exact) mass is 310 g/mol. The zero-order chi connectivity index (χ0) is 16.1. The summed E-state index contributed by atoms with van der Waals surface area (Å²) in [6.45, 7) is 1.30. The highest BCUT2D eigenvalue weighted by Gasteiger charge is 2.17. The zero-order valence-electron chi connectivity index (χ0n) is 12.6. The third-order valence-electron chi connectivity index (χ3n) is 3.43. The highest BCUT2D eigenvalue weighted by atomic mass is 16.7. The van der Waals surface area contributed by atoms with Crippen molar-refractivity contribution in [2.75, 3.05) is 13.2 Å². The fourth-order valence-corrected chi connectivity index (χ4v) is 2.31. The average Bonchev–Trinajstić information content (AvgIpc) is 3.10. The first-order valence-electron chi connectivity index (χ1n) is 7.28. The fraction of sp³-hybridized carbons (Fsp3) is 0.176. The maximum atomic E-state index is 5.49. The minimum atomic E-state index is -0.238. The van der Waals surface area contributed by atoms with Gasteiger partial charge in [0.05, 0.1) is 19.4 Å². The van der Waals surface area contributed by atoms with Crippen molar-refractivity contribution in [1.82, 2.24) is 0 Å². The van der Waals surface area contributed by atoms with Crippen LogP contribution in [-0.4, -0.2) is 25.4 Å². The molecule has 2 aromatic carbocycles. The predicted molar refractivity (Wildman–Crippen MR) is 89.9 cm³/mol. The smallest absolute Gasteiger partial charge is 0.211 e. The van der Waals surface area contributed by atoms with Crippen molar-refractivity contribution in [1.29, 1.82) is 0 Å². The lowest BCUT2D eigenvalue weighted by atomic mass is 10.0. The third-order valence-corrected chi connectivity index (χ3v) is 3.43. The Morgan fingerprint density at radius 2 is 1.48 bits per heavy atom. The molecule has 2 aromatic rings. The maximum Gasteiger partial charge on any atom is 0.211 e. The first-order chi connectivity index (χ1) is 11.2. The van der Waals surface area contributed by atoms with Crippen LogP contribution in [0.4, 0.5) is 0 Å². The summed E-state index contributed by atoms with van der Waals surface area (Å²) in [7, 11) is 0. The molecule has 1 fully saturated rings. The molecule has 0 aromatic heterocycles.